The van der Waals surface area contributed by atoms with E-state index in [0.29, 0.717) is 17.0 Å². The number of nitrogens with zero attached hydrogens (tertiary/aromatic N) is 2. The number of anilines is 2. The summed E-state index contributed by atoms with van der Waals surface area (Å²) in [5.41, 5.74) is 3.53. The second-order valence-corrected chi connectivity index (χ2v) is 7.87. The molecule has 3 rings (SSSR count). The summed E-state index contributed by atoms with van der Waals surface area (Å²) in [5, 5.41) is 25.1. The zero-order chi connectivity index (χ0) is 19.2. The molecule has 0 bridgehead atoms. The van der Waals surface area contributed by atoms with E-state index in [9.17, 15) is 10.1 Å². The maximum Gasteiger partial charge on any atom is 0.247 e. The molecule has 6 heteroatoms. The van der Waals surface area contributed by atoms with Gasteiger partial charge in [0.25, 0.3) is 0 Å². The lowest BCUT2D eigenvalue weighted by atomic mass is 10.1. The summed E-state index contributed by atoms with van der Waals surface area (Å²) in [7, 11) is 0. The van der Waals surface area contributed by atoms with Crippen molar-refractivity contribution in [1.82, 2.24) is 0 Å². The molecule has 1 aliphatic carbocycles. The summed E-state index contributed by atoms with van der Waals surface area (Å²) >= 11 is 1.55. The number of nitrogens with one attached hydrogen (secondary N) is 2. The van der Waals surface area contributed by atoms with Crippen molar-refractivity contribution in [2.24, 2.45) is 0 Å². The number of nitriles is 2. The van der Waals surface area contributed by atoms with Crippen LogP contribution in [0.4, 0.5) is 10.7 Å². The summed E-state index contributed by atoms with van der Waals surface area (Å²) in [4.78, 5) is 13.9. The summed E-state index contributed by atoms with van der Waals surface area (Å²) in [6.45, 7) is 1.79. The Bertz CT molecular complexity index is 902. The van der Waals surface area contributed by atoms with Crippen molar-refractivity contribution in [3.8, 4) is 12.1 Å². The first kappa shape index (κ1) is 18.9. The Kier molecular flexibility index (Phi) is 6.11. The van der Waals surface area contributed by atoms with E-state index in [1.54, 1.807) is 18.3 Å². The molecular formula is C21H22N4OS. The second kappa shape index (κ2) is 8.70. The number of fused-ring (bicyclic) bond motifs is 1. The van der Waals surface area contributed by atoms with Crippen LogP contribution in [0.5, 0.6) is 0 Å². The Balaban J connectivity index is 1.68. The largest absolute Gasteiger partial charge is 0.374 e. The lowest BCUT2D eigenvalue weighted by Crippen LogP contribution is -2.31. The Morgan fingerprint density at radius 3 is 2.63 bits per heavy atom. The van der Waals surface area contributed by atoms with Gasteiger partial charge in [0.1, 0.15) is 17.1 Å². The predicted octanol–water partition coefficient (Wildman–Crippen LogP) is 4.39. The van der Waals surface area contributed by atoms with E-state index in [2.05, 4.69) is 22.8 Å². The molecule has 2 aromatic rings. The standard InChI is InChI=1S/C21H22N4OS/c1-14(24-16-9-7-15(8-10-16)11-12-22)20(26)25-21-18(13-23)17-5-3-2-4-6-19(17)27-21/h7-10,14,24H,2-6,11H2,1H3,(H,25,26)/t14-/m0/s1. The molecule has 5 nitrogen and oxygen atoms in total. The highest BCUT2D eigenvalue weighted by atomic mass is 32.1. The van der Waals surface area contributed by atoms with Gasteiger partial charge in [0.05, 0.1) is 18.1 Å². The fraction of sp³-hybridized carbons (Fsp3) is 0.381. The van der Waals surface area contributed by atoms with E-state index < -0.39 is 6.04 Å². The highest BCUT2D eigenvalue weighted by molar-refractivity contribution is 7.16. The van der Waals surface area contributed by atoms with Gasteiger partial charge in [-0.1, -0.05) is 18.6 Å². The summed E-state index contributed by atoms with van der Waals surface area (Å²) < 4.78 is 0. The molecule has 0 radical (unpaired) electrons. The molecule has 0 aliphatic heterocycles. The van der Waals surface area contributed by atoms with Crippen LogP contribution in [0.1, 0.15) is 47.8 Å². The number of hydrogen-bond acceptors (Lipinski definition) is 5. The van der Waals surface area contributed by atoms with Gasteiger partial charge >= 0.3 is 0 Å². The van der Waals surface area contributed by atoms with Gasteiger partial charge in [0, 0.05) is 10.6 Å². The van der Waals surface area contributed by atoms with Crippen LogP contribution in [0.25, 0.3) is 0 Å². The third-order valence-electron chi connectivity index (χ3n) is 4.78. The average molecular weight is 379 g/mol. The van der Waals surface area contributed by atoms with Crippen LogP contribution in [-0.4, -0.2) is 11.9 Å². The van der Waals surface area contributed by atoms with Gasteiger partial charge in [-0.2, -0.15) is 10.5 Å². The van der Waals surface area contributed by atoms with E-state index in [-0.39, 0.29) is 5.91 Å². The first-order chi connectivity index (χ1) is 13.1. The van der Waals surface area contributed by atoms with E-state index in [4.69, 9.17) is 5.26 Å². The van der Waals surface area contributed by atoms with Gasteiger partial charge < -0.3 is 10.6 Å². The van der Waals surface area contributed by atoms with Crippen LogP contribution < -0.4 is 10.6 Å². The van der Waals surface area contributed by atoms with Gasteiger partial charge in [-0.25, -0.2) is 0 Å². The van der Waals surface area contributed by atoms with Crippen LogP contribution in [-0.2, 0) is 24.1 Å². The maximum atomic E-state index is 12.6. The van der Waals surface area contributed by atoms with Crippen LogP contribution >= 0.6 is 11.3 Å². The molecule has 1 heterocycles. The molecule has 0 spiro atoms. The Labute approximate surface area is 163 Å². The van der Waals surface area contributed by atoms with Gasteiger partial charge in [-0.05, 0) is 55.9 Å². The van der Waals surface area contributed by atoms with Crippen LogP contribution in [0.15, 0.2) is 24.3 Å². The van der Waals surface area contributed by atoms with Gasteiger partial charge in [-0.3, -0.25) is 4.79 Å². The number of rotatable bonds is 5. The van der Waals surface area contributed by atoms with E-state index in [1.165, 1.54) is 11.3 Å². The number of amides is 1. The quantitative estimate of drug-likeness (QED) is 0.755. The fourth-order valence-electron chi connectivity index (χ4n) is 3.29. The van der Waals surface area contributed by atoms with E-state index >= 15 is 0 Å². The minimum atomic E-state index is -0.444. The summed E-state index contributed by atoms with van der Waals surface area (Å²) in [5.74, 6) is -0.163. The topological polar surface area (TPSA) is 88.7 Å². The number of carbonyl (C=O) groups is 1. The SMILES string of the molecule is C[C@H](Nc1ccc(CC#N)cc1)C(=O)Nc1sc2c(c1C#N)CCCCC2. The zero-order valence-electron chi connectivity index (χ0n) is 15.3. The Morgan fingerprint density at radius 2 is 1.93 bits per heavy atom. The predicted molar refractivity (Wildman–Crippen MR) is 108 cm³/mol. The minimum Gasteiger partial charge on any atom is -0.374 e. The molecule has 27 heavy (non-hydrogen) atoms. The number of thiophene rings is 1. The normalized spacial score (nSPS) is 14.2. The van der Waals surface area contributed by atoms with E-state index in [1.807, 2.05) is 24.3 Å². The monoisotopic (exact) mass is 378 g/mol. The van der Waals surface area contributed by atoms with E-state index in [0.717, 1.165) is 42.5 Å². The first-order valence-electron chi connectivity index (χ1n) is 9.20. The molecule has 0 fully saturated rings. The van der Waals surface area contributed by atoms with Gasteiger partial charge in [-0.15, -0.1) is 11.3 Å². The van der Waals surface area contributed by atoms with Crippen molar-refractivity contribution in [3.05, 3.63) is 45.8 Å². The zero-order valence-corrected chi connectivity index (χ0v) is 16.2. The molecule has 1 atom stereocenters. The molecule has 1 aromatic carbocycles. The van der Waals surface area contributed by atoms with Crippen LogP contribution in [0.3, 0.4) is 0 Å². The highest BCUT2D eigenvalue weighted by Gasteiger charge is 2.22. The smallest absolute Gasteiger partial charge is 0.247 e. The Morgan fingerprint density at radius 1 is 1.19 bits per heavy atom. The van der Waals surface area contributed by atoms with Crippen molar-refractivity contribution in [1.29, 1.82) is 10.5 Å². The highest BCUT2D eigenvalue weighted by Crippen LogP contribution is 2.37. The average Bonchev–Trinajstić information content (AvgIpc) is 2.83. The molecule has 1 aliphatic rings. The molecular weight excluding hydrogens is 356 g/mol. The number of benzene rings is 1. The van der Waals surface area contributed by atoms with Crippen LogP contribution in [0, 0.1) is 22.7 Å². The summed E-state index contributed by atoms with van der Waals surface area (Å²) in [6.07, 6.45) is 5.73. The Hall–Kier alpha value is -2.83. The minimum absolute atomic E-state index is 0.163. The van der Waals surface area contributed by atoms with Gasteiger partial charge in [0.15, 0.2) is 0 Å². The number of aryl methyl sites for hydroxylation is 1. The van der Waals surface area contributed by atoms with Crippen LogP contribution in [0.2, 0.25) is 0 Å². The molecule has 1 amide bonds. The first-order valence-corrected chi connectivity index (χ1v) is 10.0. The van der Waals surface area contributed by atoms with Crippen molar-refractivity contribution in [2.45, 2.75) is 51.5 Å². The molecule has 0 saturated heterocycles. The molecule has 1 aromatic heterocycles. The molecule has 138 valence electrons. The third kappa shape index (κ3) is 4.48. The molecule has 0 unspecified atom stereocenters. The second-order valence-electron chi connectivity index (χ2n) is 6.77. The molecule has 2 N–H and O–H groups in total. The van der Waals surface area contributed by atoms with Crippen molar-refractivity contribution >= 4 is 27.9 Å². The van der Waals surface area contributed by atoms with Crippen molar-refractivity contribution < 1.29 is 4.79 Å². The third-order valence-corrected chi connectivity index (χ3v) is 5.99. The fourth-order valence-corrected chi connectivity index (χ4v) is 4.54. The number of hydrogen-bond donors (Lipinski definition) is 2. The molecule has 0 saturated carbocycles. The lowest BCUT2D eigenvalue weighted by molar-refractivity contribution is -0.116. The van der Waals surface area contributed by atoms with Crippen molar-refractivity contribution in [3.63, 3.8) is 0 Å². The lowest BCUT2D eigenvalue weighted by Gasteiger charge is -2.15. The number of carbonyl (C=O) groups excluding carboxylic acids is 1. The van der Waals surface area contributed by atoms with Crippen molar-refractivity contribution in [2.75, 3.05) is 10.6 Å². The maximum absolute atomic E-state index is 12.6. The summed E-state index contributed by atoms with van der Waals surface area (Å²) in [6, 6.07) is 11.4. The van der Waals surface area contributed by atoms with Gasteiger partial charge in [0.2, 0.25) is 5.91 Å².